The summed E-state index contributed by atoms with van der Waals surface area (Å²) in [7, 11) is -0.780. The molecule has 1 unspecified atom stereocenters. The molecule has 0 amide bonds. The van der Waals surface area contributed by atoms with Crippen LogP contribution in [-0.2, 0) is 17.3 Å². The number of nitrogens with zero attached hydrogens (tertiary/aromatic N) is 1. The normalized spacial score (nSPS) is 12.1. The van der Waals surface area contributed by atoms with Gasteiger partial charge in [0.1, 0.15) is 5.82 Å². The highest BCUT2D eigenvalue weighted by atomic mass is 32.2. The van der Waals surface area contributed by atoms with E-state index in [9.17, 15) is 8.60 Å². The summed E-state index contributed by atoms with van der Waals surface area (Å²) in [6, 6.07) is 6.28. The molecule has 0 aromatic heterocycles. The molecular weight excluding hydrogens is 239 g/mol. The average Bonchev–Trinajstić information content (AvgIpc) is 2.30. The summed E-state index contributed by atoms with van der Waals surface area (Å²) >= 11 is 0. The van der Waals surface area contributed by atoms with Crippen molar-refractivity contribution in [1.82, 2.24) is 5.32 Å². The largest absolute Gasteiger partial charge is 0.313 e. The fourth-order valence-electron chi connectivity index (χ4n) is 1.40. The molecule has 0 aliphatic heterocycles. The van der Waals surface area contributed by atoms with E-state index >= 15 is 0 Å². The van der Waals surface area contributed by atoms with Gasteiger partial charge < -0.3 is 5.32 Å². The fourth-order valence-corrected chi connectivity index (χ4v) is 1.95. The van der Waals surface area contributed by atoms with E-state index in [1.54, 1.807) is 12.3 Å². The zero-order chi connectivity index (χ0) is 12.7. The van der Waals surface area contributed by atoms with Gasteiger partial charge in [-0.15, -0.1) is 0 Å². The van der Waals surface area contributed by atoms with Crippen molar-refractivity contribution < 1.29 is 8.60 Å². The van der Waals surface area contributed by atoms with Gasteiger partial charge in [-0.1, -0.05) is 0 Å². The van der Waals surface area contributed by atoms with Gasteiger partial charge in [-0.2, -0.15) is 5.26 Å². The zero-order valence-corrected chi connectivity index (χ0v) is 10.5. The Kier molecular flexibility index (Phi) is 5.81. The van der Waals surface area contributed by atoms with Crippen LogP contribution in [0.4, 0.5) is 4.39 Å². The summed E-state index contributed by atoms with van der Waals surface area (Å²) in [5, 5.41) is 11.8. The van der Waals surface area contributed by atoms with Crippen molar-refractivity contribution in [3.63, 3.8) is 0 Å². The third kappa shape index (κ3) is 5.07. The summed E-state index contributed by atoms with van der Waals surface area (Å²) in [6.45, 7) is 1.08. The predicted molar refractivity (Wildman–Crippen MR) is 66.4 cm³/mol. The van der Waals surface area contributed by atoms with Crippen LogP contribution in [0.3, 0.4) is 0 Å². The summed E-state index contributed by atoms with van der Waals surface area (Å²) in [4.78, 5) is 0. The van der Waals surface area contributed by atoms with Crippen LogP contribution in [-0.4, -0.2) is 22.8 Å². The first kappa shape index (κ1) is 13.8. The third-order valence-electron chi connectivity index (χ3n) is 2.28. The van der Waals surface area contributed by atoms with E-state index in [-0.39, 0.29) is 5.82 Å². The van der Waals surface area contributed by atoms with Crippen LogP contribution in [0, 0.1) is 17.1 Å². The number of benzene rings is 1. The Labute approximate surface area is 103 Å². The highest BCUT2D eigenvalue weighted by Crippen LogP contribution is 2.09. The molecule has 17 heavy (non-hydrogen) atoms. The number of hydrogen-bond acceptors (Lipinski definition) is 3. The summed E-state index contributed by atoms with van der Waals surface area (Å²) in [5.74, 6) is 0.337. The molecule has 0 fully saturated rings. The molecule has 1 aromatic rings. The molecule has 1 atom stereocenters. The molecule has 0 heterocycles. The highest BCUT2D eigenvalue weighted by Gasteiger charge is 2.03. The molecule has 0 saturated carbocycles. The Bertz CT molecular complexity index is 443. The summed E-state index contributed by atoms with van der Waals surface area (Å²) in [6.07, 6.45) is 2.46. The minimum Gasteiger partial charge on any atom is -0.313 e. The van der Waals surface area contributed by atoms with Crippen LogP contribution in [0.2, 0.25) is 0 Å². The molecule has 0 bridgehead atoms. The molecule has 1 rings (SSSR count). The molecule has 0 aliphatic carbocycles. The first-order valence-electron chi connectivity index (χ1n) is 5.32. The van der Waals surface area contributed by atoms with E-state index in [4.69, 9.17) is 5.26 Å². The lowest BCUT2D eigenvalue weighted by Crippen LogP contribution is -2.17. The highest BCUT2D eigenvalue weighted by molar-refractivity contribution is 7.84. The van der Waals surface area contributed by atoms with Crippen molar-refractivity contribution in [3.8, 4) is 6.07 Å². The van der Waals surface area contributed by atoms with Gasteiger partial charge in [0.25, 0.3) is 0 Å². The number of hydrogen-bond donors (Lipinski definition) is 1. The van der Waals surface area contributed by atoms with Gasteiger partial charge in [0.15, 0.2) is 0 Å². The quantitative estimate of drug-likeness (QED) is 0.784. The molecule has 0 saturated heterocycles. The minimum atomic E-state index is -0.780. The predicted octanol–water partition coefficient (Wildman–Crippen LogP) is 1.56. The lowest BCUT2D eigenvalue weighted by molar-refractivity contribution is 0.586. The van der Waals surface area contributed by atoms with Gasteiger partial charge in [0.05, 0.1) is 11.6 Å². The standard InChI is InChI=1S/C12H15FN2OS/c1-17(16)6-2-5-15-9-11-7-10(8-14)3-4-12(11)13/h3-4,7,15H,2,5-6,9H2,1H3. The fraction of sp³-hybridized carbons (Fsp3) is 0.417. The van der Waals surface area contributed by atoms with Gasteiger partial charge >= 0.3 is 0 Å². The molecule has 0 radical (unpaired) electrons. The van der Waals surface area contributed by atoms with E-state index in [2.05, 4.69) is 5.32 Å². The minimum absolute atomic E-state index is 0.310. The Hall–Kier alpha value is -1.25. The van der Waals surface area contributed by atoms with Crippen LogP contribution in [0.5, 0.6) is 0 Å². The molecule has 92 valence electrons. The summed E-state index contributed by atoms with van der Waals surface area (Å²) in [5.41, 5.74) is 0.944. The smallest absolute Gasteiger partial charge is 0.127 e. The molecule has 1 aromatic carbocycles. The Morgan fingerprint density at radius 2 is 2.29 bits per heavy atom. The van der Waals surface area contributed by atoms with Crippen molar-refractivity contribution in [1.29, 1.82) is 5.26 Å². The van der Waals surface area contributed by atoms with Crippen LogP contribution < -0.4 is 5.32 Å². The maximum atomic E-state index is 13.3. The SMILES string of the molecule is CS(=O)CCCNCc1cc(C#N)ccc1F. The van der Waals surface area contributed by atoms with Crippen LogP contribution >= 0.6 is 0 Å². The average molecular weight is 254 g/mol. The third-order valence-corrected chi connectivity index (χ3v) is 3.14. The lowest BCUT2D eigenvalue weighted by atomic mass is 10.1. The van der Waals surface area contributed by atoms with Crippen LogP contribution in [0.15, 0.2) is 18.2 Å². The first-order chi connectivity index (χ1) is 8.13. The molecule has 3 nitrogen and oxygen atoms in total. The van der Waals surface area contributed by atoms with E-state index in [0.717, 1.165) is 6.42 Å². The van der Waals surface area contributed by atoms with Crippen molar-refractivity contribution in [3.05, 3.63) is 35.1 Å². The first-order valence-corrected chi connectivity index (χ1v) is 7.05. The van der Waals surface area contributed by atoms with Gasteiger partial charge in [-0.25, -0.2) is 4.39 Å². The van der Waals surface area contributed by atoms with E-state index in [1.807, 2.05) is 6.07 Å². The zero-order valence-electron chi connectivity index (χ0n) is 9.70. The molecule has 1 N–H and O–H groups in total. The van der Waals surface area contributed by atoms with Crippen molar-refractivity contribution in [2.75, 3.05) is 18.6 Å². The number of halogens is 1. The maximum absolute atomic E-state index is 13.3. The van der Waals surface area contributed by atoms with Crippen molar-refractivity contribution in [2.24, 2.45) is 0 Å². The number of rotatable bonds is 6. The Morgan fingerprint density at radius 3 is 2.94 bits per heavy atom. The monoisotopic (exact) mass is 254 g/mol. The van der Waals surface area contributed by atoms with Crippen LogP contribution in [0.1, 0.15) is 17.5 Å². The Morgan fingerprint density at radius 1 is 1.53 bits per heavy atom. The number of nitriles is 1. The van der Waals surface area contributed by atoms with E-state index in [1.165, 1.54) is 12.1 Å². The molecule has 0 aliphatic rings. The van der Waals surface area contributed by atoms with Crippen LogP contribution in [0.25, 0.3) is 0 Å². The van der Waals surface area contributed by atoms with Crippen molar-refractivity contribution in [2.45, 2.75) is 13.0 Å². The Balaban J connectivity index is 2.41. The second kappa shape index (κ2) is 7.15. The molecular formula is C12H15FN2OS. The second-order valence-electron chi connectivity index (χ2n) is 3.73. The van der Waals surface area contributed by atoms with Crippen molar-refractivity contribution >= 4 is 10.8 Å². The summed E-state index contributed by atoms with van der Waals surface area (Å²) < 4.78 is 24.1. The lowest BCUT2D eigenvalue weighted by Gasteiger charge is -2.05. The van der Waals surface area contributed by atoms with Gasteiger partial charge in [-0.05, 0) is 31.2 Å². The van der Waals surface area contributed by atoms with Gasteiger partial charge in [-0.3, -0.25) is 4.21 Å². The van der Waals surface area contributed by atoms with E-state index < -0.39 is 10.8 Å². The maximum Gasteiger partial charge on any atom is 0.127 e. The van der Waals surface area contributed by atoms with Gasteiger partial charge in [0.2, 0.25) is 0 Å². The van der Waals surface area contributed by atoms with Gasteiger partial charge in [0, 0.05) is 34.9 Å². The topological polar surface area (TPSA) is 52.9 Å². The molecule has 5 heteroatoms. The van der Waals surface area contributed by atoms with E-state index in [0.29, 0.717) is 30.0 Å². The second-order valence-corrected chi connectivity index (χ2v) is 5.28. The molecule has 0 spiro atoms. The number of nitrogens with one attached hydrogen (secondary N) is 1.